The van der Waals surface area contributed by atoms with Crippen molar-refractivity contribution in [3.63, 3.8) is 0 Å². The Bertz CT molecular complexity index is 865. The van der Waals surface area contributed by atoms with E-state index in [4.69, 9.17) is 21.1 Å². The topological polar surface area (TPSA) is 67.9 Å². The van der Waals surface area contributed by atoms with Crippen LogP contribution in [0.3, 0.4) is 0 Å². The Morgan fingerprint density at radius 2 is 1.80 bits per heavy atom. The lowest BCUT2D eigenvalue weighted by atomic mass is 10.1. The van der Waals surface area contributed by atoms with Crippen molar-refractivity contribution in [2.45, 2.75) is 0 Å². The number of para-hydroxylation sites is 1. The summed E-state index contributed by atoms with van der Waals surface area (Å²) < 4.78 is 10.4. The molecular weight excluding hydrogens is 344 g/mol. The highest BCUT2D eigenvalue weighted by Crippen LogP contribution is 2.36. The van der Waals surface area contributed by atoms with Crippen LogP contribution >= 0.6 is 11.6 Å². The standard InChI is InChI=1S/C18H15ClN2O4/c1-24-15-10-11(9-14(19)16(15)25-2)8-13-17(22)20-21(18(13)23)12-6-4-3-5-7-12/h3-10H,1-2H3,(H,20,22)/b13-8+. The zero-order chi connectivity index (χ0) is 18.0. The van der Waals surface area contributed by atoms with Crippen LogP contribution in [0.2, 0.25) is 5.02 Å². The van der Waals surface area contributed by atoms with Gasteiger partial charge >= 0.3 is 0 Å². The fraction of sp³-hybridized carbons (Fsp3) is 0.111. The van der Waals surface area contributed by atoms with Crippen LogP contribution in [0.4, 0.5) is 5.69 Å². The number of hydrogen-bond acceptors (Lipinski definition) is 4. The number of nitrogens with zero attached hydrogens (tertiary/aromatic N) is 1. The van der Waals surface area contributed by atoms with E-state index in [-0.39, 0.29) is 5.57 Å². The Labute approximate surface area is 149 Å². The second-order valence-electron chi connectivity index (χ2n) is 5.21. The minimum atomic E-state index is -0.486. The largest absolute Gasteiger partial charge is 0.493 e. The molecule has 2 amide bonds. The van der Waals surface area contributed by atoms with Crippen LogP contribution in [0.1, 0.15) is 5.56 Å². The molecule has 0 atom stereocenters. The number of methoxy groups -OCH3 is 2. The van der Waals surface area contributed by atoms with E-state index in [1.54, 1.807) is 36.4 Å². The smallest absolute Gasteiger partial charge is 0.282 e. The van der Waals surface area contributed by atoms with Gasteiger partial charge in [-0.05, 0) is 35.9 Å². The van der Waals surface area contributed by atoms with E-state index in [1.807, 2.05) is 6.07 Å². The van der Waals surface area contributed by atoms with Crippen LogP contribution < -0.4 is 19.9 Å². The van der Waals surface area contributed by atoms with Crippen molar-refractivity contribution in [3.8, 4) is 11.5 Å². The molecular formula is C18H15ClN2O4. The molecule has 1 N–H and O–H groups in total. The maximum atomic E-state index is 12.6. The van der Waals surface area contributed by atoms with Gasteiger partial charge in [-0.1, -0.05) is 29.8 Å². The summed E-state index contributed by atoms with van der Waals surface area (Å²) in [4.78, 5) is 24.8. The number of benzene rings is 2. The molecule has 0 bridgehead atoms. The van der Waals surface area contributed by atoms with Crippen LogP contribution in [0.15, 0.2) is 48.0 Å². The minimum Gasteiger partial charge on any atom is -0.493 e. The van der Waals surface area contributed by atoms with Crippen molar-refractivity contribution in [2.75, 3.05) is 19.2 Å². The quantitative estimate of drug-likeness (QED) is 0.674. The van der Waals surface area contributed by atoms with Crippen LogP contribution in [0, 0.1) is 0 Å². The Morgan fingerprint density at radius 1 is 1.08 bits per heavy atom. The number of hydrazine groups is 1. The highest BCUT2D eigenvalue weighted by Gasteiger charge is 2.34. The van der Waals surface area contributed by atoms with E-state index in [0.29, 0.717) is 27.8 Å². The van der Waals surface area contributed by atoms with E-state index in [0.717, 1.165) is 0 Å². The molecule has 1 fully saturated rings. The van der Waals surface area contributed by atoms with Gasteiger partial charge < -0.3 is 9.47 Å². The van der Waals surface area contributed by atoms with Gasteiger partial charge in [0, 0.05) is 0 Å². The molecule has 6 nitrogen and oxygen atoms in total. The number of nitrogens with one attached hydrogen (secondary N) is 1. The molecule has 25 heavy (non-hydrogen) atoms. The summed E-state index contributed by atoms with van der Waals surface area (Å²) in [6, 6.07) is 12.1. The molecule has 7 heteroatoms. The summed E-state index contributed by atoms with van der Waals surface area (Å²) in [5.41, 5.74) is 3.68. The second kappa shape index (κ2) is 6.86. The number of ether oxygens (including phenoxy) is 2. The Morgan fingerprint density at radius 3 is 2.44 bits per heavy atom. The van der Waals surface area contributed by atoms with E-state index in [1.165, 1.54) is 25.3 Å². The fourth-order valence-electron chi connectivity index (χ4n) is 2.50. The van der Waals surface area contributed by atoms with E-state index in [9.17, 15) is 9.59 Å². The highest BCUT2D eigenvalue weighted by atomic mass is 35.5. The second-order valence-corrected chi connectivity index (χ2v) is 5.62. The van der Waals surface area contributed by atoms with Crippen molar-refractivity contribution < 1.29 is 19.1 Å². The van der Waals surface area contributed by atoms with Crippen LogP contribution in [-0.4, -0.2) is 26.0 Å². The number of carbonyl (C=O) groups excluding carboxylic acids is 2. The first-order valence-electron chi connectivity index (χ1n) is 7.39. The summed E-state index contributed by atoms with van der Waals surface area (Å²) in [6.07, 6.45) is 1.47. The third-order valence-electron chi connectivity index (χ3n) is 3.67. The van der Waals surface area contributed by atoms with Gasteiger partial charge in [0.05, 0.1) is 24.9 Å². The minimum absolute atomic E-state index is 0.00661. The fourth-order valence-corrected chi connectivity index (χ4v) is 2.80. The lowest BCUT2D eigenvalue weighted by Gasteiger charge is -2.14. The van der Waals surface area contributed by atoms with E-state index in [2.05, 4.69) is 5.43 Å². The molecule has 1 saturated heterocycles. The van der Waals surface area contributed by atoms with Gasteiger partial charge in [0.15, 0.2) is 11.5 Å². The maximum Gasteiger partial charge on any atom is 0.282 e. The molecule has 0 aromatic heterocycles. The van der Waals surface area contributed by atoms with E-state index < -0.39 is 11.8 Å². The van der Waals surface area contributed by atoms with Crippen molar-refractivity contribution in [1.29, 1.82) is 0 Å². The average molecular weight is 359 g/mol. The zero-order valence-corrected chi connectivity index (χ0v) is 14.3. The van der Waals surface area contributed by atoms with Crippen molar-refractivity contribution in [1.82, 2.24) is 5.43 Å². The molecule has 0 saturated carbocycles. The van der Waals surface area contributed by atoms with Gasteiger partial charge in [-0.2, -0.15) is 0 Å². The van der Waals surface area contributed by atoms with Crippen LogP contribution in [-0.2, 0) is 9.59 Å². The lowest BCUT2D eigenvalue weighted by Crippen LogP contribution is -2.35. The molecule has 0 spiro atoms. The molecule has 2 aromatic rings. The van der Waals surface area contributed by atoms with Crippen molar-refractivity contribution in [3.05, 3.63) is 58.6 Å². The van der Waals surface area contributed by atoms with Crippen LogP contribution in [0.25, 0.3) is 6.08 Å². The first-order chi connectivity index (χ1) is 12.0. The molecule has 128 valence electrons. The molecule has 0 radical (unpaired) electrons. The number of amides is 2. The lowest BCUT2D eigenvalue weighted by molar-refractivity contribution is -0.117. The maximum absolute atomic E-state index is 12.6. The molecule has 3 rings (SSSR count). The Hall–Kier alpha value is -2.99. The van der Waals surface area contributed by atoms with Crippen molar-refractivity contribution in [2.24, 2.45) is 0 Å². The summed E-state index contributed by atoms with van der Waals surface area (Å²) in [5.74, 6) is -0.131. The van der Waals surface area contributed by atoms with Crippen LogP contribution in [0.5, 0.6) is 11.5 Å². The van der Waals surface area contributed by atoms with Gasteiger partial charge in [-0.15, -0.1) is 0 Å². The average Bonchev–Trinajstić information content (AvgIpc) is 2.90. The first kappa shape index (κ1) is 16.9. The van der Waals surface area contributed by atoms with E-state index >= 15 is 0 Å². The monoisotopic (exact) mass is 358 g/mol. The summed E-state index contributed by atoms with van der Waals surface area (Å²) in [6.45, 7) is 0. The van der Waals surface area contributed by atoms with Crippen molar-refractivity contribution >= 4 is 35.2 Å². The number of carbonyl (C=O) groups is 2. The molecule has 1 aliphatic rings. The molecule has 0 unspecified atom stereocenters. The molecule has 1 heterocycles. The van der Waals surface area contributed by atoms with Gasteiger partial charge in [-0.25, -0.2) is 5.01 Å². The summed E-state index contributed by atoms with van der Waals surface area (Å²) in [7, 11) is 2.96. The normalized spacial score (nSPS) is 15.5. The number of halogens is 1. The van der Waals surface area contributed by atoms with Gasteiger partial charge in [0.1, 0.15) is 5.57 Å². The third kappa shape index (κ3) is 3.16. The first-order valence-corrected chi connectivity index (χ1v) is 7.76. The summed E-state index contributed by atoms with van der Waals surface area (Å²) >= 11 is 6.17. The molecule has 0 aliphatic carbocycles. The predicted octanol–water partition coefficient (Wildman–Crippen LogP) is 2.82. The molecule has 2 aromatic carbocycles. The predicted molar refractivity (Wildman–Crippen MR) is 94.6 cm³/mol. The van der Waals surface area contributed by atoms with Gasteiger partial charge in [-0.3, -0.25) is 15.0 Å². The Kier molecular flexibility index (Phi) is 4.63. The molecule has 1 aliphatic heterocycles. The van der Waals surface area contributed by atoms with Gasteiger partial charge in [0.25, 0.3) is 11.8 Å². The number of rotatable bonds is 4. The third-order valence-corrected chi connectivity index (χ3v) is 3.95. The zero-order valence-electron chi connectivity index (χ0n) is 13.6. The Balaban J connectivity index is 1.98. The summed E-state index contributed by atoms with van der Waals surface area (Å²) in [5, 5.41) is 1.52. The highest BCUT2D eigenvalue weighted by molar-refractivity contribution is 6.33. The van der Waals surface area contributed by atoms with Gasteiger partial charge in [0.2, 0.25) is 0 Å². The number of hydrogen-bond donors (Lipinski definition) is 1. The number of anilines is 1. The SMILES string of the molecule is COc1cc(/C=C2\C(=O)NN(c3ccccc3)C2=O)cc(Cl)c1OC.